The quantitative estimate of drug-likeness (QED) is 0.522. The van der Waals surface area contributed by atoms with E-state index >= 15 is 0 Å². The summed E-state index contributed by atoms with van der Waals surface area (Å²) < 4.78 is 38.3. The largest absolute Gasteiger partial charge is 0.493 e. The molecule has 0 radical (unpaired) electrons. The average Bonchev–Trinajstić information content (AvgIpc) is 2.60. The molecule has 26 heavy (non-hydrogen) atoms. The second-order valence-electron chi connectivity index (χ2n) is 5.65. The van der Waals surface area contributed by atoms with E-state index in [-0.39, 0.29) is 21.9 Å². The summed E-state index contributed by atoms with van der Waals surface area (Å²) in [6, 6.07) is 9.32. The zero-order chi connectivity index (χ0) is 19.5. The summed E-state index contributed by atoms with van der Waals surface area (Å²) in [5.74, 6) is 0.364. The van der Waals surface area contributed by atoms with Crippen molar-refractivity contribution in [3.05, 3.63) is 47.5 Å². The second kappa shape index (κ2) is 8.09. The molecule has 2 aromatic rings. The summed E-state index contributed by atoms with van der Waals surface area (Å²) >= 11 is 3.23. The number of carbonyl (C=O) groups excluding carboxylic acids is 1. The highest BCUT2D eigenvalue weighted by molar-refractivity contribution is 9.10. The van der Waals surface area contributed by atoms with Crippen LogP contribution in [0.25, 0.3) is 0 Å². The second-order valence-corrected chi connectivity index (χ2v) is 8.71. The Kier molecular flexibility index (Phi) is 6.30. The maximum absolute atomic E-state index is 12.7. The number of rotatable bonds is 7. The van der Waals surface area contributed by atoms with Crippen LogP contribution in [0.5, 0.6) is 11.5 Å². The number of ketones is 1. The van der Waals surface area contributed by atoms with Crippen LogP contribution in [0, 0.1) is 6.92 Å². The maximum atomic E-state index is 12.7. The van der Waals surface area contributed by atoms with Crippen molar-refractivity contribution in [2.45, 2.75) is 23.6 Å². The number of anilines is 1. The molecule has 0 unspecified atom stereocenters. The number of Topliss-reactive ketones (excluding diaryl/α,β-unsaturated/α-hetero) is 1. The van der Waals surface area contributed by atoms with E-state index in [1.165, 1.54) is 38.5 Å². The Morgan fingerprint density at radius 2 is 1.62 bits per heavy atom. The Bertz CT molecular complexity index is 908. The lowest BCUT2D eigenvalue weighted by atomic mass is 10.1. The van der Waals surface area contributed by atoms with Crippen molar-refractivity contribution < 1.29 is 22.7 Å². The van der Waals surface area contributed by atoms with Crippen molar-refractivity contribution >= 4 is 37.4 Å². The minimum absolute atomic E-state index is 0.100. The molecule has 0 aromatic heterocycles. The van der Waals surface area contributed by atoms with Crippen LogP contribution in [0.3, 0.4) is 0 Å². The van der Waals surface area contributed by atoms with Gasteiger partial charge in [-0.2, -0.15) is 0 Å². The fourth-order valence-corrected chi connectivity index (χ4v) is 3.62. The minimum Gasteiger partial charge on any atom is -0.493 e. The molecular formula is C18H20BrNO5S. The van der Waals surface area contributed by atoms with Gasteiger partial charge in [-0.05, 0) is 32.0 Å². The van der Waals surface area contributed by atoms with Gasteiger partial charge in [0.2, 0.25) is 0 Å². The summed E-state index contributed by atoms with van der Waals surface area (Å²) in [5, 5.41) is 0. The van der Waals surface area contributed by atoms with Gasteiger partial charge in [0.25, 0.3) is 10.0 Å². The van der Waals surface area contributed by atoms with E-state index in [1.807, 2.05) is 6.92 Å². The van der Waals surface area contributed by atoms with Gasteiger partial charge in [0.15, 0.2) is 17.3 Å². The maximum Gasteiger partial charge on any atom is 0.261 e. The highest BCUT2D eigenvalue weighted by Crippen LogP contribution is 2.35. The van der Waals surface area contributed by atoms with E-state index in [4.69, 9.17) is 9.47 Å². The lowest BCUT2D eigenvalue weighted by Gasteiger charge is -2.16. The number of nitrogens with one attached hydrogen (secondary N) is 1. The van der Waals surface area contributed by atoms with Crippen LogP contribution in [0.2, 0.25) is 0 Å². The minimum atomic E-state index is -3.87. The van der Waals surface area contributed by atoms with Crippen molar-refractivity contribution in [2.75, 3.05) is 18.9 Å². The Morgan fingerprint density at radius 3 is 2.12 bits per heavy atom. The Morgan fingerprint density at radius 1 is 1.08 bits per heavy atom. The van der Waals surface area contributed by atoms with Gasteiger partial charge in [0.05, 0.1) is 29.6 Å². The number of halogens is 1. The highest BCUT2D eigenvalue weighted by Gasteiger charge is 2.23. The number of carbonyl (C=O) groups is 1. The van der Waals surface area contributed by atoms with Gasteiger partial charge >= 0.3 is 0 Å². The molecule has 2 rings (SSSR count). The third-order valence-corrected chi connectivity index (χ3v) is 5.52. The van der Waals surface area contributed by atoms with Crippen LogP contribution >= 0.6 is 15.9 Å². The van der Waals surface area contributed by atoms with E-state index < -0.39 is 14.9 Å². The first kappa shape index (κ1) is 20.3. The fourth-order valence-electron chi connectivity index (χ4n) is 2.30. The van der Waals surface area contributed by atoms with Gasteiger partial charge in [0, 0.05) is 11.6 Å². The molecule has 0 aliphatic heterocycles. The summed E-state index contributed by atoms with van der Waals surface area (Å²) in [4.78, 5) is 12.1. The van der Waals surface area contributed by atoms with Crippen LogP contribution in [0.15, 0.2) is 41.3 Å². The third-order valence-electron chi connectivity index (χ3n) is 3.73. The molecule has 140 valence electrons. The van der Waals surface area contributed by atoms with E-state index in [1.54, 1.807) is 19.1 Å². The standard InChI is InChI=1S/C18H20BrNO5S/c1-11-5-7-13(8-6-11)26(22,23)20-15-10-17(25-4)16(24-3)9-14(15)18(21)12(2)19/h5-10,12,20H,1-4H3/t12-/m0/s1. The monoisotopic (exact) mass is 441 g/mol. The van der Waals surface area contributed by atoms with Gasteiger partial charge in [0.1, 0.15) is 0 Å². The first-order chi connectivity index (χ1) is 12.2. The molecule has 0 aliphatic rings. The zero-order valence-electron chi connectivity index (χ0n) is 14.9. The van der Waals surface area contributed by atoms with E-state index in [2.05, 4.69) is 20.7 Å². The Labute approximate surface area is 161 Å². The van der Waals surface area contributed by atoms with Gasteiger partial charge in [-0.25, -0.2) is 8.42 Å². The predicted octanol–water partition coefficient (Wildman–Crippen LogP) is 3.78. The smallest absolute Gasteiger partial charge is 0.261 e. The van der Waals surface area contributed by atoms with Crippen molar-refractivity contribution in [1.29, 1.82) is 0 Å². The number of hydrogen-bond acceptors (Lipinski definition) is 5. The fraction of sp³-hybridized carbons (Fsp3) is 0.278. The van der Waals surface area contributed by atoms with Crippen molar-refractivity contribution in [1.82, 2.24) is 0 Å². The summed E-state index contributed by atoms with van der Waals surface area (Å²) in [7, 11) is -0.991. The van der Waals surface area contributed by atoms with Crippen molar-refractivity contribution in [2.24, 2.45) is 0 Å². The number of methoxy groups -OCH3 is 2. The van der Waals surface area contributed by atoms with Crippen molar-refractivity contribution in [3.8, 4) is 11.5 Å². The Balaban J connectivity index is 2.56. The predicted molar refractivity (Wildman–Crippen MR) is 104 cm³/mol. The number of ether oxygens (including phenoxy) is 2. The van der Waals surface area contributed by atoms with E-state index in [0.29, 0.717) is 11.5 Å². The number of alkyl halides is 1. The van der Waals surface area contributed by atoms with Crippen LogP contribution in [0.1, 0.15) is 22.8 Å². The topological polar surface area (TPSA) is 81.7 Å². The number of hydrogen-bond donors (Lipinski definition) is 1. The molecule has 0 saturated heterocycles. The van der Waals surface area contributed by atoms with Crippen LogP contribution in [0.4, 0.5) is 5.69 Å². The molecule has 0 heterocycles. The first-order valence-corrected chi connectivity index (χ1v) is 10.1. The highest BCUT2D eigenvalue weighted by atomic mass is 79.9. The molecule has 0 fully saturated rings. The molecule has 0 aliphatic carbocycles. The SMILES string of the molecule is COc1cc(NS(=O)(=O)c2ccc(C)cc2)c(C(=O)[C@H](C)Br)cc1OC. The molecule has 1 N–H and O–H groups in total. The molecular weight excluding hydrogens is 422 g/mol. The van der Waals surface area contributed by atoms with Crippen LogP contribution in [-0.4, -0.2) is 33.2 Å². The summed E-state index contributed by atoms with van der Waals surface area (Å²) in [5.41, 5.74) is 1.25. The lowest BCUT2D eigenvalue weighted by molar-refractivity contribution is 0.0996. The van der Waals surface area contributed by atoms with Gasteiger partial charge in [-0.3, -0.25) is 9.52 Å². The molecule has 2 aromatic carbocycles. The average molecular weight is 442 g/mol. The van der Waals surface area contributed by atoms with E-state index in [0.717, 1.165) is 5.56 Å². The Hall–Kier alpha value is -2.06. The molecule has 1 atom stereocenters. The number of sulfonamides is 1. The lowest BCUT2D eigenvalue weighted by Crippen LogP contribution is -2.18. The van der Waals surface area contributed by atoms with Gasteiger partial charge in [-0.15, -0.1) is 0 Å². The number of aryl methyl sites for hydroxylation is 1. The molecule has 0 saturated carbocycles. The van der Waals surface area contributed by atoms with E-state index in [9.17, 15) is 13.2 Å². The molecule has 0 amide bonds. The van der Waals surface area contributed by atoms with Crippen LogP contribution < -0.4 is 14.2 Å². The molecule has 8 heteroatoms. The van der Waals surface area contributed by atoms with Crippen LogP contribution in [-0.2, 0) is 10.0 Å². The third kappa shape index (κ3) is 4.37. The normalized spacial score (nSPS) is 12.3. The van der Waals surface area contributed by atoms with Gasteiger partial charge < -0.3 is 9.47 Å². The number of benzene rings is 2. The van der Waals surface area contributed by atoms with Gasteiger partial charge in [-0.1, -0.05) is 33.6 Å². The van der Waals surface area contributed by atoms with Crippen molar-refractivity contribution in [3.63, 3.8) is 0 Å². The summed E-state index contributed by atoms with van der Waals surface area (Å²) in [6.07, 6.45) is 0. The molecule has 6 nitrogen and oxygen atoms in total. The first-order valence-electron chi connectivity index (χ1n) is 7.73. The zero-order valence-corrected chi connectivity index (χ0v) is 17.3. The summed E-state index contributed by atoms with van der Waals surface area (Å²) in [6.45, 7) is 3.53. The molecule has 0 bridgehead atoms. The molecule has 0 spiro atoms.